The van der Waals surface area contributed by atoms with Crippen molar-refractivity contribution in [3.63, 3.8) is 0 Å². The Hall–Kier alpha value is -1.54. The number of benzene rings is 1. The Bertz CT molecular complexity index is 572. The minimum atomic E-state index is -0.854. The Labute approximate surface area is 153 Å². The summed E-state index contributed by atoms with van der Waals surface area (Å²) in [5.74, 6) is -1.95. The molecule has 25 heavy (non-hydrogen) atoms. The van der Waals surface area contributed by atoms with Gasteiger partial charge in [-0.05, 0) is 44.2 Å². The number of unbranched alkanes of at least 4 members (excludes halogenated alkanes) is 1. The molecule has 0 saturated heterocycles. The molecule has 0 spiro atoms. The van der Waals surface area contributed by atoms with Crippen molar-refractivity contribution in [3.8, 4) is 0 Å². The Morgan fingerprint density at radius 3 is 1.92 bits per heavy atom. The molecule has 3 atom stereocenters. The van der Waals surface area contributed by atoms with Gasteiger partial charge in [0, 0.05) is 11.5 Å². The van der Waals surface area contributed by atoms with Crippen molar-refractivity contribution in [2.75, 3.05) is 0 Å². The van der Waals surface area contributed by atoms with Gasteiger partial charge < -0.3 is 5.11 Å². The fourth-order valence-electron chi connectivity index (χ4n) is 3.57. The number of hydrogen-bond donors (Lipinski definition) is 1. The molecule has 0 bridgehead atoms. The molecule has 1 rings (SSSR count). The second-order valence-electron chi connectivity index (χ2n) is 6.99. The molecular formula is C20H32O4P+. The van der Waals surface area contributed by atoms with Crippen LogP contribution in [0.25, 0.3) is 0 Å². The first-order chi connectivity index (χ1) is 11.7. The van der Waals surface area contributed by atoms with Crippen molar-refractivity contribution in [3.05, 3.63) is 34.4 Å². The number of ketones is 1. The average molecular weight is 367 g/mol. The van der Waals surface area contributed by atoms with Crippen molar-refractivity contribution in [2.45, 2.75) is 60.8 Å². The van der Waals surface area contributed by atoms with E-state index in [0.717, 1.165) is 29.5 Å². The van der Waals surface area contributed by atoms with E-state index in [2.05, 4.69) is 0 Å². The predicted molar refractivity (Wildman–Crippen MR) is 104 cm³/mol. The molecule has 0 aliphatic carbocycles. The van der Waals surface area contributed by atoms with Gasteiger partial charge in [-0.2, -0.15) is 0 Å². The zero-order chi connectivity index (χ0) is 19.7. The van der Waals surface area contributed by atoms with E-state index in [1.807, 2.05) is 53.7 Å². The van der Waals surface area contributed by atoms with Crippen LogP contribution in [0.5, 0.6) is 0 Å². The summed E-state index contributed by atoms with van der Waals surface area (Å²) in [4.78, 5) is 24.9. The van der Waals surface area contributed by atoms with E-state index in [-0.39, 0.29) is 11.7 Å². The molecule has 3 unspecified atom stereocenters. The van der Waals surface area contributed by atoms with Gasteiger partial charge in [0.05, 0.1) is 5.92 Å². The molecule has 0 saturated carbocycles. The highest BCUT2D eigenvalue weighted by atomic mass is 31.0. The predicted octanol–water partition coefficient (Wildman–Crippen LogP) is 5.16. The van der Waals surface area contributed by atoms with Gasteiger partial charge >= 0.3 is 15.1 Å². The van der Waals surface area contributed by atoms with E-state index in [0.29, 0.717) is 12.0 Å². The highest BCUT2D eigenvalue weighted by Crippen LogP contribution is 2.32. The Morgan fingerprint density at radius 1 is 1.08 bits per heavy atom. The Kier molecular flexibility index (Phi) is 10.5. The lowest BCUT2D eigenvalue weighted by molar-refractivity contribution is -0.144. The number of aliphatic carboxylic acids is 1. The summed E-state index contributed by atoms with van der Waals surface area (Å²) in [5, 5.41) is 9.65. The lowest BCUT2D eigenvalue weighted by Crippen LogP contribution is -2.34. The van der Waals surface area contributed by atoms with Crippen LogP contribution >= 0.6 is 9.12 Å². The molecule has 140 valence electrons. The lowest BCUT2D eigenvalue weighted by atomic mass is 9.74. The van der Waals surface area contributed by atoms with Crippen LogP contribution in [0.2, 0.25) is 0 Å². The van der Waals surface area contributed by atoms with Crippen LogP contribution in [0.4, 0.5) is 0 Å². The molecule has 1 aromatic rings. The minimum Gasteiger partial charge on any atom is -0.481 e. The molecule has 0 aromatic heterocycles. The summed E-state index contributed by atoms with van der Waals surface area (Å²) in [6, 6.07) is 4.00. The van der Waals surface area contributed by atoms with Gasteiger partial charge in [-0.25, -0.2) is 0 Å². The van der Waals surface area contributed by atoms with Crippen molar-refractivity contribution in [1.82, 2.24) is 0 Å². The number of rotatable bonds is 8. The van der Waals surface area contributed by atoms with Crippen LogP contribution in [0.3, 0.4) is 0 Å². The van der Waals surface area contributed by atoms with Crippen LogP contribution in [-0.2, 0) is 9.36 Å². The van der Waals surface area contributed by atoms with Crippen LogP contribution < -0.4 is 0 Å². The van der Waals surface area contributed by atoms with Gasteiger partial charge in [-0.15, -0.1) is 0 Å². The zero-order valence-electron chi connectivity index (χ0n) is 16.3. The summed E-state index contributed by atoms with van der Waals surface area (Å²) in [6.45, 7) is 11.8. The molecule has 0 fully saturated rings. The Balaban J connectivity index is 0.00000277. The molecule has 0 radical (unpaired) electrons. The summed E-state index contributed by atoms with van der Waals surface area (Å²) in [5.41, 5.74) is 3.71. The lowest BCUT2D eigenvalue weighted by Gasteiger charge is -2.27. The van der Waals surface area contributed by atoms with Gasteiger partial charge in [-0.1, -0.05) is 55.9 Å². The van der Waals surface area contributed by atoms with Crippen molar-refractivity contribution >= 4 is 20.9 Å². The second-order valence-corrected chi connectivity index (χ2v) is 6.99. The highest BCUT2D eigenvalue weighted by molar-refractivity contribution is 7.00. The number of carboxylic acid groups (broad SMARTS) is 1. The standard InChI is InChI=1S/C20H30O3.H2OP/c1-7-8-9-16(20(22)23)17(12(2)3)19(21)18-14(5)10-13(4)11-15(18)6;1-2/h10-12,16-17H,7-9H2,1-6H3,(H,22,23);2H2/q;+1. The smallest absolute Gasteiger partial charge is 0.310 e. The normalized spacial score (nSPS) is 12.9. The quantitative estimate of drug-likeness (QED) is 0.508. The highest BCUT2D eigenvalue weighted by Gasteiger charge is 2.36. The van der Waals surface area contributed by atoms with Crippen molar-refractivity contribution < 1.29 is 19.3 Å². The maximum Gasteiger partial charge on any atom is 0.310 e. The molecule has 0 amide bonds. The molecule has 4 nitrogen and oxygen atoms in total. The first kappa shape index (κ1) is 23.5. The molecule has 1 aromatic carbocycles. The fourth-order valence-corrected chi connectivity index (χ4v) is 3.57. The van der Waals surface area contributed by atoms with Crippen LogP contribution in [0, 0.1) is 38.5 Å². The molecule has 0 heterocycles. The Morgan fingerprint density at radius 2 is 1.56 bits per heavy atom. The van der Waals surface area contributed by atoms with Gasteiger partial charge in [0.25, 0.3) is 0 Å². The van der Waals surface area contributed by atoms with Crippen LogP contribution in [0.15, 0.2) is 12.1 Å². The number of Topliss-reactive ketones (excluding diaryl/α,β-unsaturated/α-hetero) is 1. The topological polar surface area (TPSA) is 71.4 Å². The van der Waals surface area contributed by atoms with E-state index in [1.165, 1.54) is 9.12 Å². The van der Waals surface area contributed by atoms with E-state index in [1.54, 1.807) is 0 Å². The summed E-state index contributed by atoms with van der Waals surface area (Å²) >= 11 is 0. The molecular weight excluding hydrogens is 335 g/mol. The fraction of sp³-hybridized carbons (Fsp3) is 0.600. The SMILES string of the molecule is CCCCC(C(=O)O)C(C(=O)c1c(C)cc(C)cc1C)C(C)C.O=[PH2+]. The van der Waals surface area contributed by atoms with Crippen LogP contribution in [-0.4, -0.2) is 16.9 Å². The first-order valence-electron chi connectivity index (χ1n) is 8.79. The number of hydrogen-bond acceptors (Lipinski definition) is 3. The third-order valence-corrected chi connectivity index (χ3v) is 4.56. The zero-order valence-corrected chi connectivity index (χ0v) is 17.4. The van der Waals surface area contributed by atoms with Crippen molar-refractivity contribution in [1.29, 1.82) is 0 Å². The van der Waals surface area contributed by atoms with Gasteiger partial charge in [0.15, 0.2) is 5.78 Å². The maximum atomic E-state index is 13.2. The van der Waals surface area contributed by atoms with Crippen molar-refractivity contribution in [2.24, 2.45) is 17.8 Å². The van der Waals surface area contributed by atoms with Gasteiger partial charge in [-0.3, -0.25) is 9.59 Å². The summed E-state index contributed by atoms with van der Waals surface area (Å²) < 4.78 is 8.17. The number of carbonyl (C=O) groups is 2. The third-order valence-electron chi connectivity index (χ3n) is 4.56. The number of aryl methyl sites for hydroxylation is 3. The average Bonchev–Trinajstić information content (AvgIpc) is 2.51. The summed E-state index contributed by atoms with van der Waals surface area (Å²) in [7, 11) is 1.17. The van der Waals surface area contributed by atoms with E-state index in [4.69, 9.17) is 4.57 Å². The number of carbonyl (C=O) groups excluding carboxylic acids is 1. The van der Waals surface area contributed by atoms with E-state index >= 15 is 0 Å². The molecule has 0 aliphatic rings. The molecule has 5 heteroatoms. The monoisotopic (exact) mass is 367 g/mol. The first-order valence-corrected chi connectivity index (χ1v) is 9.26. The van der Waals surface area contributed by atoms with Gasteiger partial charge in [0.2, 0.25) is 0 Å². The van der Waals surface area contributed by atoms with Gasteiger partial charge in [0.1, 0.15) is 0 Å². The third kappa shape index (κ3) is 6.36. The molecule has 1 N–H and O–H groups in total. The minimum absolute atomic E-state index is 0.000518. The van der Waals surface area contributed by atoms with Crippen LogP contribution in [0.1, 0.15) is 67.1 Å². The largest absolute Gasteiger partial charge is 0.481 e. The maximum absolute atomic E-state index is 13.2. The van der Waals surface area contributed by atoms with E-state index in [9.17, 15) is 14.7 Å². The second kappa shape index (κ2) is 11.1. The number of carboxylic acids is 1. The van der Waals surface area contributed by atoms with E-state index < -0.39 is 17.8 Å². The summed E-state index contributed by atoms with van der Waals surface area (Å²) in [6.07, 6.45) is 2.33. The molecule has 0 aliphatic heterocycles.